The molecule has 1 aromatic rings. The maximum atomic E-state index is 10.7. The van der Waals surface area contributed by atoms with Crippen LogP contribution in [0.4, 0.5) is 5.69 Å². The molecule has 0 aromatic heterocycles. The molecule has 0 saturated carbocycles. The standard InChI is InChI=1S/C14H17ClN2O2/c1-11(14(18)19)10-16-5-7-17(8-6-16)13-4-2-3-12(15)9-13/h2-4,9H,1,5-8,10H2,(H,18,19). The number of halogens is 1. The SMILES string of the molecule is C=C(CN1CCN(c2cccc(Cl)c2)CC1)C(=O)O. The fraction of sp³-hybridized carbons (Fsp3) is 0.357. The summed E-state index contributed by atoms with van der Waals surface area (Å²) in [5.74, 6) is -0.919. The molecule has 0 unspecified atom stereocenters. The first-order valence-electron chi connectivity index (χ1n) is 6.20. The van der Waals surface area contributed by atoms with Gasteiger partial charge in [-0.25, -0.2) is 4.79 Å². The van der Waals surface area contributed by atoms with Crippen molar-refractivity contribution in [3.05, 3.63) is 41.4 Å². The van der Waals surface area contributed by atoms with Gasteiger partial charge in [0, 0.05) is 49.0 Å². The van der Waals surface area contributed by atoms with Crippen molar-refractivity contribution in [2.75, 3.05) is 37.6 Å². The van der Waals surface area contributed by atoms with Gasteiger partial charge in [0.05, 0.1) is 0 Å². The van der Waals surface area contributed by atoms with Crippen LogP contribution in [0.5, 0.6) is 0 Å². The Kier molecular flexibility index (Phi) is 4.45. The molecule has 1 saturated heterocycles. The maximum Gasteiger partial charge on any atom is 0.332 e. The minimum Gasteiger partial charge on any atom is -0.478 e. The van der Waals surface area contributed by atoms with E-state index in [1.165, 1.54) is 0 Å². The summed E-state index contributed by atoms with van der Waals surface area (Å²) in [6.45, 7) is 7.40. The van der Waals surface area contributed by atoms with E-state index in [1.54, 1.807) is 0 Å². The number of anilines is 1. The number of carboxylic acids is 1. The molecular formula is C14H17ClN2O2. The van der Waals surface area contributed by atoms with Gasteiger partial charge in [-0.3, -0.25) is 4.90 Å². The van der Waals surface area contributed by atoms with Crippen molar-refractivity contribution in [2.24, 2.45) is 0 Å². The van der Waals surface area contributed by atoms with Gasteiger partial charge in [-0.1, -0.05) is 24.2 Å². The number of carbonyl (C=O) groups is 1. The summed E-state index contributed by atoms with van der Waals surface area (Å²) in [7, 11) is 0. The predicted octanol–water partition coefficient (Wildman–Crippen LogP) is 2.10. The van der Waals surface area contributed by atoms with E-state index in [-0.39, 0.29) is 5.57 Å². The number of benzene rings is 1. The average Bonchev–Trinajstić information content (AvgIpc) is 2.39. The van der Waals surface area contributed by atoms with Crippen LogP contribution in [0.3, 0.4) is 0 Å². The van der Waals surface area contributed by atoms with Gasteiger partial charge in [-0.15, -0.1) is 0 Å². The van der Waals surface area contributed by atoms with Gasteiger partial charge in [-0.2, -0.15) is 0 Å². The molecule has 0 aliphatic carbocycles. The van der Waals surface area contributed by atoms with Crippen LogP contribution in [0.2, 0.25) is 5.02 Å². The van der Waals surface area contributed by atoms with Crippen molar-refractivity contribution in [1.29, 1.82) is 0 Å². The highest BCUT2D eigenvalue weighted by atomic mass is 35.5. The van der Waals surface area contributed by atoms with E-state index in [9.17, 15) is 4.79 Å². The Morgan fingerprint density at radius 2 is 2.00 bits per heavy atom. The molecule has 1 heterocycles. The number of rotatable bonds is 4. The highest BCUT2D eigenvalue weighted by Gasteiger charge is 2.19. The van der Waals surface area contributed by atoms with Crippen molar-refractivity contribution >= 4 is 23.3 Å². The molecule has 1 aliphatic rings. The lowest BCUT2D eigenvalue weighted by Crippen LogP contribution is -2.47. The van der Waals surface area contributed by atoms with Crippen LogP contribution in [0.15, 0.2) is 36.4 Å². The molecule has 0 bridgehead atoms. The van der Waals surface area contributed by atoms with Crippen LogP contribution < -0.4 is 4.90 Å². The normalized spacial score (nSPS) is 16.4. The van der Waals surface area contributed by atoms with Crippen molar-refractivity contribution in [3.63, 3.8) is 0 Å². The topological polar surface area (TPSA) is 43.8 Å². The molecule has 2 rings (SSSR count). The van der Waals surface area contributed by atoms with Crippen molar-refractivity contribution in [3.8, 4) is 0 Å². The second-order valence-corrected chi connectivity index (χ2v) is 5.09. The van der Waals surface area contributed by atoms with E-state index in [0.29, 0.717) is 6.54 Å². The van der Waals surface area contributed by atoms with E-state index in [4.69, 9.17) is 16.7 Å². The minimum atomic E-state index is -0.919. The zero-order valence-electron chi connectivity index (χ0n) is 10.7. The van der Waals surface area contributed by atoms with Crippen LogP contribution in [0, 0.1) is 0 Å². The zero-order chi connectivity index (χ0) is 13.8. The monoisotopic (exact) mass is 280 g/mol. The van der Waals surface area contributed by atoms with Gasteiger partial charge < -0.3 is 10.0 Å². The lowest BCUT2D eigenvalue weighted by atomic mass is 10.2. The molecular weight excluding hydrogens is 264 g/mol. The highest BCUT2D eigenvalue weighted by Crippen LogP contribution is 2.20. The van der Waals surface area contributed by atoms with Crippen molar-refractivity contribution in [1.82, 2.24) is 4.90 Å². The fourth-order valence-corrected chi connectivity index (χ4v) is 2.36. The number of nitrogens with zero attached hydrogens (tertiary/aromatic N) is 2. The van der Waals surface area contributed by atoms with E-state index < -0.39 is 5.97 Å². The first kappa shape index (κ1) is 13.9. The van der Waals surface area contributed by atoms with Crippen LogP contribution in [0.1, 0.15) is 0 Å². The molecule has 0 amide bonds. The smallest absolute Gasteiger partial charge is 0.332 e. The maximum absolute atomic E-state index is 10.7. The van der Waals surface area contributed by atoms with Crippen molar-refractivity contribution < 1.29 is 9.90 Å². The number of piperazine rings is 1. The van der Waals surface area contributed by atoms with E-state index >= 15 is 0 Å². The molecule has 5 heteroatoms. The number of hydrogen-bond acceptors (Lipinski definition) is 3. The van der Waals surface area contributed by atoms with Gasteiger partial charge in [0.2, 0.25) is 0 Å². The zero-order valence-corrected chi connectivity index (χ0v) is 11.4. The lowest BCUT2D eigenvalue weighted by molar-refractivity contribution is -0.132. The first-order chi connectivity index (χ1) is 9.06. The van der Waals surface area contributed by atoms with Gasteiger partial charge >= 0.3 is 5.97 Å². The highest BCUT2D eigenvalue weighted by molar-refractivity contribution is 6.30. The summed E-state index contributed by atoms with van der Waals surface area (Å²) >= 11 is 5.98. The Labute approximate surface area is 117 Å². The van der Waals surface area contributed by atoms with Gasteiger partial charge in [0.1, 0.15) is 0 Å². The Morgan fingerprint density at radius 3 is 2.58 bits per heavy atom. The Hall–Kier alpha value is -1.52. The third-order valence-electron chi connectivity index (χ3n) is 3.26. The van der Waals surface area contributed by atoms with E-state index in [1.807, 2.05) is 24.3 Å². The molecule has 102 valence electrons. The van der Waals surface area contributed by atoms with Crippen LogP contribution >= 0.6 is 11.6 Å². The second-order valence-electron chi connectivity index (χ2n) is 4.65. The molecule has 4 nitrogen and oxygen atoms in total. The average molecular weight is 281 g/mol. The van der Waals surface area contributed by atoms with Crippen molar-refractivity contribution in [2.45, 2.75) is 0 Å². The second kappa shape index (κ2) is 6.08. The molecule has 0 atom stereocenters. The van der Waals surface area contributed by atoms with E-state index in [2.05, 4.69) is 16.4 Å². The third-order valence-corrected chi connectivity index (χ3v) is 3.50. The van der Waals surface area contributed by atoms with Crippen LogP contribution in [0.25, 0.3) is 0 Å². The first-order valence-corrected chi connectivity index (χ1v) is 6.58. The van der Waals surface area contributed by atoms with Gasteiger partial charge in [0.25, 0.3) is 0 Å². The van der Waals surface area contributed by atoms with E-state index in [0.717, 1.165) is 36.9 Å². The van der Waals surface area contributed by atoms with Gasteiger partial charge in [-0.05, 0) is 18.2 Å². The number of hydrogen-bond donors (Lipinski definition) is 1. The Morgan fingerprint density at radius 1 is 1.32 bits per heavy atom. The molecule has 1 aliphatic heterocycles. The third kappa shape index (κ3) is 3.72. The largest absolute Gasteiger partial charge is 0.478 e. The summed E-state index contributed by atoms with van der Waals surface area (Å²) in [6.07, 6.45) is 0. The summed E-state index contributed by atoms with van der Waals surface area (Å²) in [6, 6.07) is 7.79. The summed E-state index contributed by atoms with van der Waals surface area (Å²) in [5, 5.41) is 9.56. The molecule has 1 N–H and O–H groups in total. The fourth-order valence-electron chi connectivity index (χ4n) is 2.17. The minimum absolute atomic E-state index is 0.246. The molecule has 19 heavy (non-hydrogen) atoms. The van der Waals surface area contributed by atoms with Crippen LogP contribution in [-0.4, -0.2) is 48.7 Å². The summed E-state index contributed by atoms with van der Waals surface area (Å²) < 4.78 is 0. The Bertz CT molecular complexity index is 482. The molecule has 1 aromatic carbocycles. The quantitative estimate of drug-likeness (QED) is 0.858. The summed E-state index contributed by atoms with van der Waals surface area (Å²) in [4.78, 5) is 15.1. The van der Waals surface area contributed by atoms with Crippen LogP contribution in [-0.2, 0) is 4.79 Å². The molecule has 1 fully saturated rings. The molecule has 0 radical (unpaired) electrons. The molecule has 0 spiro atoms. The summed E-state index contributed by atoms with van der Waals surface area (Å²) in [5.41, 5.74) is 1.36. The number of carboxylic acid groups (broad SMARTS) is 1. The number of aliphatic carboxylic acids is 1. The Balaban J connectivity index is 1.89. The van der Waals surface area contributed by atoms with Gasteiger partial charge in [0.15, 0.2) is 0 Å². The predicted molar refractivity (Wildman–Crippen MR) is 76.9 cm³/mol. The lowest BCUT2D eigenvalue weighted by Gasteiger charge is -2.36.